The molecule has 0 aromatic rings. The predicted molar refractivity (Wildman–Crippen MR) is 318 cm³/mol. The molecule has 0 heterocycles. The first-order valence-corrected chi connectivity index (χ1v) is 28.5. The van der Waals surface area contributed by atoms with Crippen molar-refractivity contribution >= 4 is 46.8 Å². The van der Waals surface area contributed by atoms with Crippen LogP contribution in [0.3, 0.4) is 0 Å². The van der Waals surface area contributed by atoms with E-state index in [0.29, 0.717) is 12.8 Å². The lowest BCUT2D eigenvalue weighted by Gasteiger charge is -2.28. The summed E-state index contributed by atoms with van der Waals surface area (Å²) in [5.41, 5.74) is 90.8. The fourth-order valence-electron chi connectivity index (χ4n) is 8.12. The van der Waals surface area contributed by atoms with Crippen LogP contribution in [0.4, 0.5) is 0 Å². The second kappa shape index (κ2) is 47.5. The zero-order chi connectivity index (χ0) is 64.4. The number of nitrogens with two attached hydrogens (primary N) is 16. The first-order valence-electron chi connectivity index (χ1n) is 28.5. The van der Waals surface area contributed by atoms with Crippen molar-refractivity contribution in [2.75, 3.05) is 52.5 Å². The van der Waals surface area contributed by atoms with E-state index in [1.807, 2.05) is 0 Å². The molecule has 46 N–H and O–H groups in total. The third-order valence-corrected chi connectivity index (χ3v) is 12.6. The third-order valence-electron chi connectivity index (χ3n) is 12.6. The molecule has 0 spiro atoms. The SMILES string of the molecule is C[C@H](N)C(=O)N[C@@H](CCCNC(N)N)C(=O)N[C@@H](CCCNC(N)N)C(=O)N[C@@H](CCCNC(N)N)C(=O)C(=O)[C@H](CCCNC(N)N)NN[C@@H](CCCNC(N)N)C(=O)N[C@@H](CCCNC(N)N)C(=O)C(=O)[C@H](CCCNC(N)N)NCON. The Balaban J connectivity index is 7.37. The van der Waals surface area contributed by atoms with Gasteiger partial charge in [-0.1, -0.05) is 0 Å². The molecule has 0 rings (SSSR count). The van der Waals surface area contributed by atoms with Gasteiger partial charge in [0, 0.05) is 0 Å². The van der Waals surface area contributed by atoms with Gasteiger partial charge in [-0.25, -0.2) is 16.7 Å². The molecule has 0 aromatic carbocycles. The number of nitrogens with one attached hydrogen (secondary N) is 14. The zero-order valence-corrected chi connectivity index (χ0v) is 49.1. The summed E-state index contributed by atoms with van der Waals surface area (Å²) in [6, 6.07) is -10.4. The fourth-order valence-corrected chi connectivity index (χ4v) is 8.12. The Kier molecular flexibility index (Phi) is 45.0. The lowest BCUT2D eigenvalue weighted by Crippen LogP contribution is -2.60. The largest absolute Gasteiger partial charge is 0.344 e. The molecule has 39 heteroatoms. The maximum Gasteiger partial charge on any atom is 0.243 e. The number of ketones is 4. The van der Waals surface area contributed by atoms with Crippen molar-refractivity contribution in [1.82, 2.24) is 74.7 Å². The van der Waals surface area contributed by atoms with E-state index in [1.54, 1.807) is 0 Å². The molecule has 0 aliphatic rings. The van der Waals surface area contributed by atoms with Gasteiger partial charge in [0.1, 0.15) is 62.8 Å². The molecule has 8 atom stereocenters. The number of rotatable bonds is 55. The number of Topliss-reactive ketones (excluding diaryl/α,β-unsaturated/α-hetero) is 4. The maximum absolute atomic E-state index is 14.7. The van der Waals surface area contributed by atoms with Crippen molar-refractivity contribution in [2.45, 2.75) is 189 Å². The van der Waals surface area contributed by atoms with Crippen LogP contribution in [-0.2, 0) is 43.2 Å². The van der Waals surface area contributed by atoms with Crippen molar-refractivity contribution in [1.29, 1.82) is 0 Å². The lowest BCUT2D eigenvalue weighted by molar-refractivity contribution is -0.141. The van der Waals surface area contributed by atoms with Crippen LogP contribution in [0.15, 0.2) is 0 Å². The lowest BCUT2D eigenvalue weighted by atomic mass is 9.95. The van der Waals surface area contributed by atoms with Crippen LogP contribution >= 0.6 is 0 Å². The summed E-state index contributed by atoms with van der Waals surface area (Å²) < 4.78 is 0. The number of carbonyl (C=O) groups excluding carboxylic acids is 8. The smallest absolute Gasteiger partial charge is 0.243 e. The van der Waals surface area contributed by atoms with E-state index in [-0.39, 0.29) is 130 Å². The van der Waals surface area contributed by atoms with E-state index in [9.17, 15) is 38.4 Å². The first-order chi connectivity index (χ1) is 40.1. The van der Waals surface area contributed by atoms with Crippen LogP contribution in [0, 0.1) is 0 Å². The topological polar surface area (TPSA) is 731 Å². The summed E-state index contributed by atoms with van der Waals surface area (Å²) >= 11 is 0. The third kappa shape index (κ3) is 39.8. The predicted octanol–water partition coefficient (Wildman–Crippen LogP) is -14.8. The minimum Gasteiger partial charge on any atom is -0.344 e. The van der Waals surface area contributed by atoms with E-state index in [2.05, 4.69) is 79.5 Å². The Labute approximate surface area is 497 Å². The molecule has 496 valence electrons. The van der Waals surface area contributed by atoms with Crippen molar-refractivity contribution in [2.24, 2.45) is 91.9 Å². The summed E-state index contributed by atoms with van der Waals surface area (Å²) in [7, 11) is 0. The fraction of sp³-hybridized carbons (Fsp3) is 0.826. The molecule has 0 aliphatic heterocycles. The average Bonchev–Trinajstić information content (AvgIpc) is 3.64. The summed E-state index contributed by atoms with van der Waals surface area (Å²) in [6.45, 7) is 2.50. The number of hydrogen-bond acceptors (Lipinski definition) is 35. The molecule has 0 radical (unpaired) electrons. The molecule has 85 heavy (non-hydrogen) atoms. The molecule has 0 saturated carbocycles. The van der Waals surface area contributed by atoms with Crippen molar-refractivity contribution < 1.29 is 43.2 Å². The second-order valence-electron chi connectivity index (χ2n) is 20.3. The molecular weight excluding hydrogens is 1120 g/mol. The van der Waals surface area contributed by atoms with Crippen LogP contribution in [0.5, 0.6) is 0 Å². The summed E-state index contributed by atoms with van der Waals surface area (Å²) in [5.74, 6) is -1.92. The van der Waals surface area contributed by atoms with E-state index >= 15 is 0 Å². The highest BCUT2D eigenvalue weighted by molar-refractivity contribution is 6.41. The summed E-state index contributed by atoms with van der Waals surface area (Å²) in [4.78, 5) is 118. The Morgan fingerprint density at radius 2 is 0.518 bits per heavy atom. The standard InChI is InChI=1S/C46H108N30O9/c1-24(47)36(81)73-29(13-6-20-67-44(56)57)38(83)74-30(14-7-21-68-45(58)59)37(82)71-27(11-4-18-65-42(52)53)34(79)35(80)28(12-5-19-66-43(54)55)75-76-31(15-8-22-69-46(60)61)39(84)72-26(10-3-17-64-41(50)51)33(78)32(77)25(70-23-85-62)9-2-16-63-40(48)49/h24-31,40-46,63-70,75-76H,2-23,47-62H2,1H3,(H,71,82)(H,72,84)(H,73,81)(H,74,83)/t24-,25-,26-,27-,28-,29-,30-,31-/m0/s1. The molecular formula is C46H108N30O9. The molecule has 0 fully saturated rings. The zero-order valence-electron chi connectivity index (χ0n) is 49.1. The molecule has 0 aliphatic carbocycles. The van der Waals surface area contributed by atoms with E-state index in [0.717, 1.165) is 0 Å². The van der Waals surface area contributed by atoms with Gasteiger partial charge < -0.3 is 107 Å². The van der Waals surface area contributed by atoms with E-state index in [4.69, 9.17) is 91.9 Å². The van der Waals surface area contributed by atoms with Gasteiger partial charge in [-0.15, -0.1) is 0 Å². The normalized spacial score (nSPS) is 14.8. The van der Waals surface area contributed by atoms with Gasteiger partial charge in [0.2, 0.25) is 46.8 Å². The first kappa shape index (κ1) is 80.5. The number of hydrazine groups is 1. The van der Waals surface area contributed by atoms with Gasteiger partial charge >= 0.3 is 0 Å². The minimum atomic E-state index is -1.55. The van der Waals surface area contributed by atoms with Gasteiger partial charge in [-0.05, 0) is 143 Å². The van der Waals surface area contributed by atoms with Crippen molar-refractivity contribution in [3.8, 4) is 0 Å². The molecule has 0 saturated heterocycles. The molecule has 0 aromatic heterocycles. The Morgan fingerprint density at radius 1 is 0.294 bits per heavy atom. The van der Waals surface area contributed by atoms with Crippen LogP contribution in [0.25, 0.3) is 0 Å². The van der Waals surface area contributed by atoms with Crippen LogP contribution in [0.1, 0.15) is 96.8 Å². The highest BCUT2D eigenvalue weighted by atomic mass is 16.6. The number of hydrogen-bond donors (Lipinski definition) is 30. The summed E-state index contributed by atoms with van der Waals surface area (Å²) in [6.07, 6.45) is -5.07. The van der Waals surface area contributed by atoms with Gasteiger partial charge in [0.15, 0.2) is 0 Å². The van der Waals surface area contributed by atoms with E-state index in [1.165, 1.54) is 6.92 Å². The van der Waals surface area contributed by atoms with Crippen LogP contribution in [0.2, 0.25) is 0 Å². The maximum atomic E-state index is 14.7. The molecule has 39 nitrogen and oxygen atoms in total. The second-order valence-corrected chi connectivity index (χ2v) is 20.3. The molecule has 0 bridgehead atoms. The number of carbonyl (C=O) groups is 8. The summed E-state index contributed by atoms with van der Waals surface area (Å²) in [5, 5.41) is 33.1. The number of amides is 4. The monoisotopic (exact) mass is 1220 g/mol. The van der Waals surface area contributed by atoms with Gasteiger partial charge in [0.25, 0.3) is 0 Å². The van der Waals surface area contributed by atoms with Crippen LogP contribution < -0.4 is 167 Å². The Morgan fingerprint density at radius 3 is 0.824 bits per heavy atom. The Hall–Kier alpha value is -4.52. The molecule has 4 amide bonds. The van der Waals surface area contributed by atoms with Gasteiger partial charge in [0.05, 0.1) is 36.3 Å². The molecule has 0 unspecified atom stereocenters. The average molecular weight is 1230 g/mol. The Bertz CT molecular complexity index is 1890. The quantitative estimate of drug-likeness (QED) is 0.0116. The van der Waals surface area contributed by atoms with Gasteiger partial charge in [-0.3, -0.25) is 85.7 Å². The minimum absolute atomic E-state index is 0.0208. The van der Waals surface area contributed by atoms with Crippen molar-refractivity contribution in [3.05, 3.63) is 0 Å². The highest BCUT2D eigenvalue weighted by Gasteiger charge is 2.37. The highest BCUT2D eigenvalue weighted by Crippen LogP contribution is 2.11. The van der Waals surface area contributed by atoms with Gasteiger partial charge in [-0.2, -0.15) is 0 Å². The van der Waals surface area contributed by atoms with Crippen molar-refractivity contribution in [3.63, 3.8) is 0 Å². The van der Waals surface area contributed by atoms with Crippen LogP contribution in [-0.4, -0.2) is 192 Å². The van der Waals surface area contributed by atoms with E-state index < -0.39 is 139 Å².